The number of pyridine rings is 1. The molecule has 6 nitrogen and oxygen atoms in total. The van der Waals surface area contributed by atoms with E-state index in [1.807, 2.05) is 13.0 Å². The van der Waals surface area contributed by atoms with Gasteiger partial charge in [0.25, 0.3) is 0 Å². The van der Waals surface area contributed by atoms with Crippen LogP contribution < -0.4 is 9.88 Å². The zero-order chi connectivity index (χ0) is 14.6. The Kier molecular flexibility index (Phi) is 4.62. The van der Waals surface area contributed by atoms with E-state index in [4.69, 9.17) is 14.6 Å². The predicted molar refractivity (Wildman–Crippen MR) is 74.9 cm³/mol. The molecule has 1 aromatic heterocycles. The molecule has 0 aliphatic carbocycles. The van der Waals surface area contributed by atoms with Crippen molar-refractivity contribution in [2.75, 3.05) is 25.6 Å². The quantitative estimate of drug-likeness (QED) is 0.870. The Balaban J connectivity index is 2.10. The molecular formula is C13H20N2O4S. The lowest BCUT2D eigenvalue weighted by Crippen LogP contribution is -2.42. The van der Waals surface area contributed by atoms with E-state index in [1.54, 1.807) is 12.3 Å². The molecule has 0 saturated carbocycles. The van der Waals surface area contributed by atoms with Gasteiger partial charge in [-0.15, -0.1) is 0 Å². The summed E-state index contributed by atoms with van der Waals surface area (Å²) in [6.07, 6.45) is 2.95. The number of hydrogen-bond donors (Lipinski definition) is 1. The Morgan fingerprint density at radius 3 is 2.75 bits per heavy atom. The molecule has 1 aliphatic rings. The van der Waals surface area contributed by atoms with Crippen molar-refractivity contribution in [1.29, 1.82) is 0 Å². The van der Waals surface area contributed by atoms with E-state index in [0.717, 1.165) is 5.69 Å². The van der Waals surface area contributed by atoms with Crippen LogP contribution in [-0.4, -0.2) is 39.0 Å². The first-order valence-corrected chi connectivity index (χ1v) is 8.24. The van der Waals surface area contributed by atoms with E-state index < -0.39 is 15.4 Å². The van der Waals surface area contributed by atoms with E-state index in [0.29, 0.717) is 38.4 Å². The van der Waals surface area contributed by atoms with E-state index >= 15 is 0 Å². The van der Waals surface area contributed by atoms with Crippen molar-refractivity contribution in [2.24, 2.45) is 10.6 Å². The van der Waals surface area contributed by atoms with Gasteiger partial charge in [-0.2, -0.15) is 0 Å². The van der Waals surface area contributed by atoms with Crippen LogP contribution >= 0.6 is 0 Å². The number of hydrogen-bond acceptors (Lipinski definition) is 5. The van der Waals surface area contributed by atoms with Crippen molar-refractivity contribution in [2.45, 2.75) is 19.8 Å². The Morgan fingerprint density at radius 1 is 1.45 bits per heavy atom. The SMILES string of the molecule is Cc1ncccc1OCC1(CS(N)(=O)=O)CCOCC1. The maximum absolute atomic E-state index is 11.5. The van der Waals surface area contributed by atoms with E-state index in [9.17, 15) is 8.42 Å². The van der Waals surface area contributed by atoms with Crippen LogP contribution in [0, 0.1) is 12.3 Å². The Hall–Kier alpha value is -1.18. The second-order valence-electron chi connectivity index (χ2n) is 5.30. The molecule has 0 atom stereocenters. The topological polar surface area (TPSA) is 91.5 Å². The van der Waals surface area contributed by atoms with Gasteiger partial charge in [-0.3, -0.25) is 4.98 Å². The molecule has 2 rings (SSSR count). The summed E-state index contributed by atoms with van der Waals surface area (Å²) < 4.78 is 34.0. The summed E-state index contributed by atoms with van der Waals surface area (Å²) in [4.78, 5) is 4.15. The van der Waals surface area contributed by atoms with Gasteiger partial charge in [0.1, 0.15) is 5.75 Å². The van der Waals surface area contributed by atoms with Crippen molar-refractivity contribution >= 4 is 10.0 Å². The first kappa shape index (κ1) is 15.2. The van der Waals surface area contributed by atoms with Gasteiger partial charge in [-0.05, 0) is 31.9 Å². The molecule has 0 unspecified atom stereocenters. The minimum atomic E-state index is -3.55. The Bertz CT molecular complexity index is 553. The van der Waals surface area contributed by atoms with Gasteiger partial charge in [0, 0.05) is 24.8 Å². The minimum Gasteiger partial charge on any atom is -0.491 e. The Labute approximate surface area is 119 Å². The third-order valence-electron chi connectivity index (χ3n) is 3.55. The molecule has 0 aromatic carbocycles. The van der Waals surface area contributed by atoms with Crippen LogP contribution in [0.25, 0.3) is 0 Å². The monoisotopic (exact) mass is 300 g/mol. The number of primary sulfonamides is 1. The molecule has 2 heterocycles. The zero-order valence-electron chi connectivity index (χ0n) is 11.5. The van der Waals surface area contributed by atoms with Crippen LogP contribution in [0.4, 0.5) is 0 Å². The predicted octanol–water partition coefficient (Wildman–Crippen LogP) is 0.854. The van der Waals surface area contributed by atoms with Crippen molar-refractivity contribution < 1.29 is 17.9 Å². The molecule has 1 fully saturated rings. The smallest absolute Gasteiger partial charge is 0.209 e. The number of nitrogens with two attached hydrogens (primary N) is 1. The molecule has 7 heteroatoms. The average Bonchev–Trinajstić information content (AvgIpc) is 2.37. The van der Waals surface area contributed by atoms with Gasteiger partial charge in [-0.1, -0.05) is 0 Å². The average molecular weight is 300 g/mol. The molecule has 0 amide bonds. The highest BCUT2D eigenvalue weighted by atomic mass is 32.2. The Morgan fingerprint density at radius 2 is 2.15 bits per heavy atom. The van der Waals surface area contributed by atoms with Crippen LogP contribution in [0.2, 0.25) is 0 Å². The van der Waals surface area contributed by atoms with Gasteiger partial charge in [0.2, 0.25) is 10.0 Å². The minimum absolute atomic E-state index is 0.0807. The second-order valence-corrected chi connectivity index (χ2v) is 6.91. The first-order valence-electron chi connectivity index (χ1n) is 6.53. The number of rotatable bonds is 5. The number of ether oxygens (including phenoxy) is 2. The van der Waals surface area contributed by atoms with Crippen molar-refractivity contribution in [3.05, 3.63) is 24.0 Å². The fourth-order valence-electron chi connectivity index (χ4n) is 2.41. The van der Waals surface area contributed by atoms with Crippen LogP contribution in [0.5, 0.6) is 5.75 Å². The normalized spacial score (nSPS) is 18.7. The first-order chi connectivity index (χ1) is 9.40. The summed E-state index contributed by atoms with van der Waals surface area (Å²) in [5, 5.41) is 5.21. The maximum atomic E-state index is 11.5. The molecule has 2 N–H and O–H groups in total. The van der Waals surface area contributed by atoms with Crippen molar-refractivity contribution in [1.82, 2.24) is 4.98 Å². The van der Waals surface area contributed by atoms with E-state index in [1.165, 1.54) is 0 Å². The summed E-state index contributed by atoms with van der Waals surface area (Å²) in [5.41, 5.74) is 0.305. The lowest BCUT2D eigenvalue weighted by molar-refractivity contribution is 0.00191. The third kappa shape index (κ3) is 4.16. The van der Waals surface area contributed by atoms with E-state index in [2.05, 4.69) is 4.98 Å². The van der Waals surface area contributed by atoms with Crippen molar-refractivity contribution in [3.8, 4) is 5.75 Å². The number of sulfonamides is 1. The highest BCUT2D eigenvalue weighted by Gasteiger charge is 2.37. The number of aromatic nitrogens is 1. The lowest BCUT2D eigenvalue weighted by atomic mass is 9.83. The fraction of sp³-hybridized carbons (Fsp3) is 0.615. The second kappa shape index (κ2) is 6.07. The summed E-state index contributed by atoms with van der Waals surface area (Å²) in [5.74, 6) is 0.593. The van der Waals surface area contributed by atoms with Gasteiger partial charge in [0.15, 0.2) is 0 Å². The molecule has 20 heavy (non-hydrogen) atoms. The molecule has 1 aliphatic heterocycles. The molecule has 112 valence electrons. The van der Waals surface area contributed by atoms with Crippen LogP contribution in [0.3, 0.4) is 0 Å². The molecule has 1 aromatic rings. The van der Waals surface area contributed by atoms with Crippen LogP contribution in [-0.2, 0) is 14.8 Å². The van der Waals surface area contributed by atoms with Crippen LogP contribution in [0.15, 0.2) is 18.3 Å². The highest BCUT2D eigenvalue weighted by molar-refractivity contribution is 7.89. The van der Waals surface area contributed by atoms with Gasteiger partial charge < -0.3 is 9.47 Å². The largest absolute Gasteiger partial charge is 0.491 e. The molecular weight excluding hydrogens is 280 g/mol. The van der Waals surface area contributed by atoms with Gasteiger partial charge in [-0.25, -0.2) is 13.6 Å². The standard InChI is InChI=1S/C13H20N2O4S/c1-11-12(3-2-6-15-11)19-9-13(10-20(14,16)17)4-7-18-8-5-13/h2-3,6H,4-5,7-10H2,1H3,(H2,14,16,17). The fourth-order valence-corrected chi connectivity index (χ4v) is 3.64. The molecule has 1 saturated heterocycles. The maximum Gasteiger partial charge on any atom is 0.209 e. The summed E-state index contributed by atoms with van der Waals surface area (Å²) in [6.45, 7) is 3.22. The number of aryl methyl sites for hydroxylation is 1. The van der Waals surface area contributed by atoms with Crippen molar-refractivity contribution in [3.63, 3.8) is 0 Å². The molecule has 0 bridgehead atoms. The van der Waals surface area contributed by atoms with E-state index in [-0.39, 0.29) is 5.75 Å². The summed E-state index contributed by atoms with van der Waals surface area (Å²) in [7, 11) is -3.55. The molecule has 0 radical (unpaired) electrons. The van der Waals surface area contributed by atoms with Crippen LogP contribution in [0.1, 0.15) is 18.5 Å². The highest BCUT2D eigenvalue weighted by Crippen LogP contribution is 2.33. The number of nitrogens with zero attached hydrogens (tertiary/aromatic N) is 1. The van der Waals surface area contributed by atoms with Gasteiger partial charge >= 0.3 is 0 Å². The molecule has 0 spiro atoms. The lowest BCUT2D eigenvalue weighted by Gasteiger charge is -2.36. The summed E-state index contributed by atoms with van der Waals surface area (Å²) in [6, 6.07) is 3.62. The zero-order valence-corrected chi connectivity index (χ0v) is 12.4. The van der Waals surface area contributed by atoms with Gasteiger partial charge in [0.05, 0.1) is 18.1 Å². The third-order valence-corrected chi connectivity index (χ3v) is 4.57. The summed E-state index contributed by atoms with van der Waals surface area (Å²) >= 11 is 0.